The van der Waals surface area contributed by atoms with Crippen LogP contribution in [0.5, 0.6) is 0 Å². The van der Waals surface area contributed by atoms with E-state index < -0.39 is 7.60 Å². The summed E-state index contributed by atoms with van der Waals surface area (Å²) in [6, 6.07) is 23.4. The summed E-state index contributed by atoms with van der Waals surface area (Å²) in [5.41, 5.74) is 5.50. The predicted octanol–water partition coefficient (Wildman–Crippen LogP) is 6.50. The van der Waals surface area contributed by atoms with Crippen molar-refractivity contribution in [1.29, 1.82) is 0 Å². The van der Waals surface area contributed by atoms with E-state index in [0.717, 1.165) is 30.9 Å². The summed E-state index contributed by atoms with van der Waals surface area (Å²) in [4.78, 5) is 15.9. The first-order chi connectivity index (χ1) is 19.0. The molecule has 7 nitrogen and oxygen atoms in total. The summed E-state index contributed by atoms with van der Waals surface area (Å²) in [5, 5.41) is 6.91. The topological polar surface area (TPSA) is 79.9 Å². The quantitative estimate of drug-likeness (QED) is 0.224. The third-order valence-corrected chi connectivity index (χ3v) is 9.16. The average Bonchev–Trinajstić information content (AvgIpc) is 3.28. The number of carbonyl (C=O) groups is 1. The normalized spacial score (nSPS) is 17.0. The highest BCUT2D eigenvalue weighted by Crippen LogP contribution is 2.48. The van der Waals surface area contributed by atoms with E-state index in [2.05, 4.69) is 39.8 Å². The standard InChI is InChI=1S/C31H36N3O4P/c1-3-37-39(36,38-4-2)26-17-18-28-27(21-26)29(31(35)33-28)30(24-11-7-5-8-12-24)32-25-15-13-23(14-16-25)22-34-19-9-6-10-20-34/h5,7-8,11-18,21,32H,3-4,6,9-10,19-20,22H2,1-2H3,(H,33,35)/b30-29-. The molecule has 5 rings (SSSR count). The van der Waals surface area contributed by atoms with Crippen LogP contribution in [0.25, 0.3) is 11.3 Å². The van der Waals surface area contributed by atoms with Gasteiger partial charge in [-0.25, -0.2) is 0 Å². The van der Waals surface area contributed by atoms with Crippen molar-refractivity contribution in [1.82, 2.24) is 4.90 Å². The molecule has 1 saturated heterocycles. The van der Waals surface area contributed by atoms with Crippen molar-refractivity contribution in [3.8, 4) is 0 Å². The van der Waals surface area contributed by atoms with Gasteiger partial charge in [-0.15, -0.1) is 0 Å². The zero-order valence-electron chi connectivity index (χ0n) is 22.6. The minimum Gasteiger partial charge on any atom is -0.354 e. The fourth-order valence-electron chi connectivity index (χ4n) is 5.20. The van der Waals surface area contributed by atoms with Gasteiger partial charge in [0.1, 0.15) is 0 Å². The zero-order chi connectivity index (χ0) is 27.2. The molecule has 0 aliphatic carbocycles. The number of nitrogens with zero attached hydrogens (tertiary/aromatic N) is 1. The van der Waals surface area contributed by atoms with Crippen molar-refractivity contribution in [2.24, 2.45) is 0 Å². The molecule has 2 heterocycles. The molecule has 1 amide bonds. The van der Waals surface area contributed by atoms with E-state index >= 15 is 0 Å². The molecule has 3 aromatic carbocycles. The molecular weight excluding hydrogens is 509 g/mol. The lowest BCUT2D eigenvalue weighted by molar-refractivity contribution is -0.110. The molecule has 2 N–H and O–H groups in total. The van der Waals surface area contributed by atoms with Crippen molar-refractivity contribution in [3.63, 3.8) is 0 Å². The molecule has 0 bridgehead atoms. The molecule has 3 aromatic rings. The van der Waals surface area contributed by atoms with Crippen molar-refractivity contribution in [2.75, 3.05) is 36.9 Å². The van der Waals surface area contributed by atoms with Crippen LogP contribution in [-0.2, 0) is 25.0 Å². The van der Waals surface area contributed by atoms with Gasteiger partial charge in [0.15, 0.2) is 0 Å². The molecule has 0 saturated carbocycles. The number of carbonyl (C=O) groups excluding carboxylic acids is 1. The molecule has 0 radical (unpaired) electrons. The van der Waals surface area contributed by atoms with Gasteiger partial charge in [0, 0.05) is 23.5 Å². The van der Waals surface area contributed by atoms with Crippen molar-refractivity contribution < 1.29 is 18.4 Å². The van der Waals surface area contributed by atoms with Gasteiger partial charge in [0.2, 0.25) is 0 Å². The number of benzene rings is 3. The highest BCUT2D eigenvalue weighted by Gasteiger charge is 2.33. The second kappa shape index (κ2) is 12.3. The number of amides is 1. The lowest BCUT2D eigenvalue weighted by Crippen LogP contribution is -2.29. The summed E-state index contributed by atoms with van der Waals surface area (Å²) in [6.07, 6.45) is 3.86. The number of piperidine rings is 1. The lowest BCUT2D eigenvalue weighted by Gasteiger charge is -2.26. The van der Waals surface area contributed by atoms with Crippen molar-refractivity contribution in [2.45, 2.75) is 39.7 Å². The second-order valence-electron chi connectivity index (χ2n) is 9.79. The minimum atomic E-state index is -3.53. The SMILES string of the molecule is CCOP(=O)(OCC)c1ccc2c(c1)/C(=C(/Nc1ccc(CN3CCCCC3)cc1)c1ccccc1)C(=O)N2. The largest absolute Gasteiger partial charge is 0.361 e. The zero-order valence-corrected chi connectivity index (χ0v) is 23.5. The number of hydrogen-bond donors (Lipinski definition) is 2. The highest BCUT2D eigenvalue weighted by molar-refractivity contribution is 7.62. The molecule has 1 fully saturated rings. The predicted molar refractivity (Wildman–Crippen MR) is 158 cm³/mol. The molecular formula is C31H36N3O4P. The maximum absolute atomic E-state index is 13.5. The van der Waals surface area contributed by atoms with E-state index in [1.54, 1.807) is 32.0 Å². The highest BCUT2D eigenvalue weighted by atomic mass is 31.2. The summed E-state index contributed by atoms with van der Waals surface area (Å²) < 4.78 is 24.7. The first-order valence-electron chi connectivity index (χ1n) is 13.7. The van der Waals surface area contributed by atoms with Crippen LogP contribution in [0.1, 0.15) is 49.8 Å². The third kappa shape index (κ3) is 6.18. The first kappa shape index (κ1) is 27.4. The van der Waals surface area contributed by atoms with E-state index in [4.69, 9.17) is 9.05 Å². The van der Waals surface area contributed by atoms with Crippen LogP contribution in [0.4, 0.5) is 11.4 Å². The van der Waals surface area contributed by atoms with E-state index in [9.17, 15) is 9.36 Å². The molecule has 0 atom stereocenters. The van der Waals surface area contributed by atoms with Crippen LogP contribution in [-0.4, -0.2) is 37.1 Å². The third-order valence-electron chi connectivity index (χ3n) is 7.05. The number of nitrogens with one attached hydrogen (secondary N) is 2. The molecule has 8 heteroatoms. The van der Waals surface area contributed by atoms with Crippen LogP contribution >= 0.6 is 7.60 Å². The smallest absolute Gasteiger partial charge is 0.354 e. The first-order valence-corrected chi connectivity index (χ1v) is 15.3. The Bertz CT molecular complexity index is 1370. The summed E-state index contributed by atoms with van der Waals surface area (Å²) in [6.45, 7) is 7.32. The van der Waals surface area contributed by atoms with Gasteiger partial charge in [0.25, 0.3) is 5.91 Å². The van der Waals surface area contributed by atoms with E-state index in [-0.39, 0.29) is 19.1 Å². The Morgan fingerprint density at radius 1 is 0.923 bits per heavy atom. The molecule has 0 unspecified atom stereocenters. The Kier molecular flexibility index (Phi) is 8.63. The van der Waals surface area contributed by atoms with Gasteiger partial charge in [-0.1, -0.05) is 48.9 Å². The Morgan fingerprint density at radius 3 is 2.28 bits per heavy atom. The van der Waals surface area contributed by atoms with Crippen LogP contribution in [0, 0.1) is 0 Å². The molecule has 0 spiro atoms. The van der Waals surface area contributed by atoms with Gasteiger partial charge in [-0.2, -0.15) is 0 Å². The molecule has 204 valence electrons. The lowest BCUT2D eigenvalue weighted by atomic mass is 10.00. The van der Waals surface area contributed by atoms with Crippen molar-refractivity contribution in [3.05, 3.63) is 89.5 Å². The molecule has 39 heavy (non-hydrogen) atoms. The number of likely N-dealkylation sites (tertiary alicyclic amines) is 1. The number of hydrogen-bond acceptors (Lipinski definition) is 6. The maximum atomic E-state index is 13.5. The number of rotatable bonds is 10. The van der Waals surface area contributed by atoms with Gasteiger partial charge in [0.05, 0.1) is 29.8 Å². The van der Waals surface area contributed by atoms with Gasteiger partial charge in [-0.3, -0.25) is 14.3 Å². The minimum absolute atomic E-state index is 0.224. The van der Waals surface area contributed by atoms with Crippen molar-refractivity contribution >= 4 is 41.5 Å². The summed E-state index contributed by atoms with van der Waals surface area (Å²) >= 11 is 0. The Morgan fingerprint density at radius 2 is 1.62 bits per heavy atom. The number of anilines is 2. The fraction of sp³-hybridized carbons (Fsp3) is 0.323. The maximum Gasteiger partial charge on any atom is 0.361 e. The second-order valence-corrected chi connectivity index (χ2v) is 11.8. The molecule has 2 aliphatic rings. The van der Waals surface area contributed by atoms with Gasteiger partial charge >= 0.3 is 7.60 Å². The van der Waals surface area contributed by atoms with Crippen LogP contribution in [0.2, 0.25) is 0 Å². The number of fused-ring (bicyclic) bond motifs is 1. The van der Waals surface area contributed by atoms with Crippen LogP contribution in [0.15, 0.2) is 72.8 Å². The van der Waals surface area contributed by atoms with Gasteiger partial charge < -0.3 is 19.7 Å². The van der Waals surface area contributed by atoms with E-state index in [1.165, 1.54) is 24.8 Å². The Labute approximate surface area is 230 Å². The van der Waals surface area contributed by atoms with Crippen LogP contribution < -0.4 is 15.9 Å². The van der Waals surface area contributed by atoms with E-state index in [0.29, 0.717) is 27.8 Å². The average molecular weight is 546 g/mol. The molecule has 2 aliphatic heterocycles. The summed E-state index contributed by atoms with van der Waals surface area (Å²) in [5.74, 6) is -0.224. The monoisotopic (exact) mass is 545 g/mol. The Balaban J connectivity index is 1.52. The fourth-order valence-corrected chi connectivity index (χ4v) is 6.79. The Hall–Kier alpha value is -3.22. The van der Waals surface area contributed by atoms with E-state index in [1.807, 2.05) is 30.3 Å². The molecule has 0 aromatic heterocycles. The summed E-state index contributed by atoms with van der Waals surface area (Å²) in [7, 11) is -3.53. The van der Waals surface area contributed by atoms with Crippen LogP contribution in [0.3, 0.4) is 0 Å². The van der Waals surface area contributed by atoms with Gasteiger partial charge in [-0.05, 0) is 81.2 Å².